The summed E-state index contributed by atoms with van der Waals surface area (Å²) in [5.41, 5.74) is 1.84. The highest BCUT2D eigenvalue weighted by Crippen LogP contribution is 2.47. The van der Waals surface area contributed by atoms with Crippen LogP contribution in [0, 0.1) is 5.92 Å². The number of amides is 1. The molecule has 0 heterocycles. The van der Waals surface area contributed by atoms with E-state index in [0.29, 0.717) is 5.02 Å². The number of halogens is 1. The highest BCUT2D eigenvalue weighted by molar-refractivity contribution is 6.30. The number of aliphatic hydroxyl groups excluding tert-OH is 1. The molecule has 1 saturated carbocycles. The molecule has 1 fully saturated rings. The molecule has 1 aliphatic carbocycles. The van der Waals surface area contributed by atoms with E-state index in [-0.39, 0.29) is 24.3 Å². The fourth-order valence-corrected chi connectivity index (χ4v) is 3.06. The van der Waals surface area contributed by atoms with Crippen molar-refractivity contribution in [2.45, 2.75) is 18.4 Å². The van der Waals surface area contributed by atoms with Gasteiger partial charge in [0, 0.05) is 17.5 Å². The van der Waals surface area contributed by atoms with Crippen molar-refractivity contribution in [1.29, 1.82) is 0 Å². The monoisotopic (exact) mass is 345 g/mol. The van der Waals surface area contributed by atoms with E-state index in [9.17, 15) is 9.90 Å². The maximum absolute atomic E-state index is 12.2. The minimum atomic E-state index is -0.733. The number of rotatable bonds is 6. The summed E-state index contributed by atoms with van der Waals surface area (Å²) >= 11 is 5.99. The van der Waals surface area contributed by atoms with Crippen molar-refractivity contribution < 1.29 is 14.6 Å². The Morgan fingerprint density at radius 3 is 2.75 bits per heavy atom. The zero-order valence-electron chi connectivity index (χ0n) is 13.4. The lowest BCUT2D eigenvalue weighted by Gasteiger charge is -2.13. The van der Waals surface area contributed by atoms with Crippen LogP contribution in [0.2, 0.25) is 5.02 Å². The van der Waals surface area contributed by atoms with Gasteiger partial charge >= 0.3 is 0 Å². The van der Waals surface area contributed by atoms with Crippen molar-refractivity contribution in [2.24, 2.45) is 5.92 Å². The molecular weight excluding hydrogens is 326 g/mol. The summed E-state index contributed by atoms with van der Waals surface area (Å²) < 4.78 is 5.09. The zero-order chi connectivity index (χ0) is 17.1. The molecule has 2 aromatic rings. The van der Waals surface area contributed by atoms with Crippen LogP contribution in [0.25, 0.3) is 0 Å². The van der Waals surface area contributed by atoms with Crippen molar-refractivity contribution in [3.8, 4) is 5.75 Å². The first kappa shape index (κ1) is 16.8. The highest BCUT2D eigenvalue weighted by Gasteiger charge is 2.43. The lowest BCUT2D eigenvalue weighted by atomic mass is 10.1. The number of carbonyl (C=O) groups excluding carboxylic acids is 1. The Balaban J connectivity index is 1.51. The van der Waals surface area contributed by atoms with Gasteiger partial charge in [0.25, 0.3) is 0 Å². The first-order valence-corrected chi connectivity index (χ1v) is 8.31. The first-order chi connectivity index (χ1) is 11.6. The van der Waals surface area contributed by atoms with Crippen LogP contribution >= 0.6 is 11.6 Å². The van der Waals surface area contributed by atoms with Crippen molar-refractivity contribution in [1.82, 2.24) is 5.32 Å². The van der Waals surface area contributed by atoms with Crippen LogP contribution in [0.4, 0.5) is 0 Å². The minimum Gasteiger partial charge on any atom is -0.497 e. The van der Waals surface area contributed by atoms with E-state index in [1.54, 1.807) is 31.4 Å². The van der Waals surface area contributed by atoms with Gasteiger partial charge in [0.1, 0.15) is 5.75 Å². The SMILES string of the molecule is COc1ccc(C(O)CNC(=O)C2CC2c2cccc(Cl)c2)cc1. The summed E-state index contributed by atoms with van der Waals surface area (Å²) in [5, 5.41) is 13.7. The Kier molecular flexibility index (Phi) is 5.07. The van der Waals surface area contributed by atoms with Crippen molar-refractivity contribution in [3.05, 3.63) is 64.7 Å². The predicted octanol–water partition coefficient (Wildman–Crippen LogP) is 3.30. The largest absolute Gasteiger partial charge is 0.497 e. The highest BCUT2D eigenvalue weighted by atomic mass is 35.5. The molecule has 0 aliphatic heterocycles. The molecule has 0 radical (unpaired) electrons. The fraction of sp³-hybridized carbons (Fsp3) is 0.316. The second kappa shape index (κ2) is 7.24. The van der Waals surface area contributed by atoms with E-state index in [1.165, 1.54) is 0 Å². The molecule has 5 heteroatoms. The van der Waals surface area contributed by atoms with Gasteiger partial charge in [-0.2, -0.15) is 0 Å². The average Bonchev–Trinajstić information content (AvgIpc) is 3.40. The molecule has 126 valence electrons. The maximum atomic E-state index is 12.2. The Bertz CT molecular complexity index is 717. The molecule has 0 bridgehead atoms. The molecule has 0 aromatic heterocycles. The minimum absolute atomic E-state index is 0.0208. The average molecular weight is 346 g/mol. The zero-order valence-corrected chi connectivity index (χ0v) is 14.2. The molecule has 4 nitrogen and oxygen atoms in total. The Morgan fingerprint density at radius 1 is 1.33 bits per heavy atom. The molecule has 0 saturated heterocycles. The number of methoxy groups -OCH3 is 1. The van der Waals surface area contributed by atoms with Crippen molar-refractivity contribution in [2.75, 3.05) is 13.7 Å². The summed E-state index contributed by atoms with van der Waals surface area (Å²) in [4.78, 5) is 12.2. The number of hydrogen-bond donors (Lipinski definition) is 2. The summed E-state index contributed by atoms with van der Waals surface area (Å²) in [6, 6.07) is 14.8. The van der Waals surface area contributed by atoms with E-state index in [0.717, 1.165) is 23.3 Å². The number of hydrogen-bond acceptors (Lipinski definition) is 3. The number of aliphatic hydroxyl groups is 1. The van der Waals surface area contributed by atoms with Gasteiger partial charge in [-0.3, -0.25) is 4.79 Å². The van der Waals surface area contributed by atoms with Crippen molar-refractivity contribution in [3.63, 3.8) is 0 Å². The lowest BCUT2D eigenvalue weighted by molar-refractivity contribution is -0.122. The number of benzene rings is 2. The van der Waals surface area contributed by atoms with E-state index in [2.05, 4.69) is 5.32 Å². The molecule has 0 spiro atoms. The van der Waals surface area contributed by atoms with Crippen LogP contribution < -0.4 is 10.1 Å². The fourth-order valence-electron chi connectivity index (χ4n) is 2.86. The van der Waals surface area contributed by atoms with Crippen molar-refractivity contribution >= 4 is 17.5 Å². The summed E-state index contributed by atoms with van der Waals surface area (Å²) in [7, 11) is 1.59. The Morgan fingerprint density at radius 2 is 2.08 bits per heavy atom. The molecule has 2 N–H and O–H groups in total. The molecular formula is C19H20ClNO3. The van der Waals surface area contributed by atoms with Gasteiger partial charge in [-0.15, -0.1) is 0 Å². The van der Waals surface area contributed by atoms with Crippen LogP contribution in [-0.4, -0.2) is 24.7 Å². The Hall–Kier alpha value is -2.04. The molecule has 3 unspecified atom stereocenters. The van der Waals surface area contributed by atoms with Gasteiger partial charge < -0.3 is 15.2 Å². The summed E-state index contributed by atoms with van der Waals surface area (Å²) in [6.07, 6.45) is 0.0911. The molecule has 2 aromatic carbocycles. The van der Waals surface area contributed by atoms with Gasteiger partial charge in [-0.05, 0) is 47.7 Å². The van der Waals surface area contributed by atoms with Crippen LogP contribution in [0.1, 0.15) is 29.6 Å². The van der Waals surface area contributed by atoms with E-state index in [1.807, 2.05) is 24.3 Å². The third-order valence-electron chi connectivity index (χ3n) is 4.37. The molecule has 1 aliphatic rings. The van der Waals surface area contributed by atoms with Gasteiger partial charge in [-0.1, -0.05) is 35.9 Å². The third kappa shape index (κ3) is 3.89. The maximum Gasteiger partial charge on any atom is 0.223 e. The van der Waals surface area contributed by atoms with Crippen LogP contribution in [0.3, 0.4) is 0 Å². The number of carbonyl (C=O) groups is 1. The van der Waals surface area contributed by atoms with Crippen LogP contribution in [0.5, 0.6) is 5.75 Å². The van der Waals surface area contributed by atoms with E-state index in [4.69, 9.17) is 16.3 Å². The molecule has 3 rings (SSSR count). The van der Waals surface area contributed by atoms with Gasteiger partial charge in [0.2, 0.25) is 5.91 Å². The normalized spacial score (nSPS) is 20.3. The van der Waals surface area contributed by atoms with Crippen LogP contribution in [0.15, 0.2) is 48.5 Å². The number of ether oxygens (including phenoxy) is 1. The smallest absolute Gasteiger partial charge is 0.223 e. The topological polar surface area (TPSA) is 58.6 Å². The van der Waals surface area contributed by atoms with E-state index < -0.39 is 6.10 Å². The van der Waals surface area contributed by atoms with Gasteiger partial charge in [0.05, 0.1) is 13.2 Å². The Labute approximate surface area is 146 Å². The third-order valence-corrected chi connectivity index (χ3v) is 4.61. The lowest BCUT2D eigenvalue weighted by Crippen LogP contribution is -2.30. The predicted molar refractivity (Wildman–Crippen MR) is 93.3 cm³/mol. The molecule has 1 amide bonds. The number of nitrogens with one attached hydrogen (secondary N) is 1. The second-order valence-corrected chi connectivity index (χ2v) is 6.47. The quantitative estimate of drug-likeness (QED) is 0.844. The van der Waals surface area contributed by atoms with Gasteiger partial charge in [0.15, 0.2) is 0 Å². The summed E-state index contributed by atoms with van der Waals surface area (Å²) in [6.45, 7) is 0.198. The van der Waals surface area contributed by atoms with Gasteiger partial charge in [-0.25, -0.2) is 0 Å². The molecule has 24 heavy (non-hydrogen) atoms. The van der Waals surface area contributed by atoms with E-state index >= 15 is 0 Å². The summed E-state index contributed by atoms with van der Waals surface area (Å²) in [5.74, 6) is 0.901. The second-order valence-electron chi connectivity index (χ2n) is 6.04. The molecule has 3 atom stereocenters. The van der Waals surface area contributed by atoms with Crippen LogP contribution in [-0.2, 0) is 4.79 Å². The standard InChI is InChI=1S/C19H20ClNO3/c1-24-15-7-5-12(6-8-15)18(22)11-21-19(23)17-10-16(17)13-3-2-4-14(20)9-13/h2-9,16-18,22H,10-11H2,1H3,(H,21,23). The first-order valence-electron chi connectivity index (χ1n) is 7.93.